The van der Waals surface area contributed by atoms with Crippen LogP contribution in [0.1, 0.15) is 26.7 Å². The van der Waals surface area contributed by atoms with Gasteiger partial charge in [-0.05, 0) is 37.5 Å². The van der Waals surface area contributed by atoms with Crippen LogP contribution in [-0.4, -0.2) is 31.2 Å². The van der Waals surface area contributed by atoms with Crippen molar-refractivity contribution in [2.75, 3.05) is 20.5 Å². The Hall–Kier alpha value is -0.380. The van der Waals surface area contributed by atoms with Crippen LogP contribution in [0.2, 0.25) is 0 Å². The Morgan fingerprint density at radius 2 is 2.19 bits per heavy atom. The summed E-state index contributed by atoms with van der Waals surface area (Å²) in [6.07, 6.45) is 4.26. The maximum absolute atomic E-state index is 9.56. The fourth-order valence-electron chi connectivity index (χ4n) is 2.80. The van der Waals surface area contributed by atoms with E-state index in [4.69, 9.17) is 9.47 Å². The smallest absolute Gasteiger partial charge is 0.147 e. The highest BCUT2D eigenvalue weighted by Gasteiger charge is 2.44. The highest BCUT2D eigenvalue weighted by atomic mass is 16.7. The van der Waals surface area contributed by atoms with Gasteiger partial charge >= 0.3 is 0 Å². The van der Waals surface area contributed by atoms with E-state index in [1.54, 1.807) is 7.11 Å². The summed E-state index contributed by atoms with van der Waals surface area (Å²) >= 11 is 0. The molecule has 0 heterocycles. The zero-order chi connectivity index (χ0) is 12.2. The third-order valence-electron chi connectivity index (χ3n) is 3.93. The largest absolute Gasteiger partial charge is 0.393 e. The van der Waals surface area contributed by atoms with Crippen molar-refractivity contribution in [2.45, 2.75) is 32.3 Å². The third-order valence-corrected chi connectivity index (χ3v) is 3.93. The number of aliphatic hydroxyl groups excluding tert-OH is 1. The lowest BCUT2D eigenvalue weighted by Crippen LogP contribution is -2.44. The van der Waals surface area contributed by atoms with Gasteiger partial charge in [-0.1, -0.05) is 13.0 Å². The van der Waals surface area contributed by atoms with Crippen molar-refractivity contribution >= 4 is 0 Å². The monoisotopic (exact) mass is 228 g/mol. The molecule has 3 heteroatoms. The van der Waals surface area contributed by atoms with Crippen molar-refractivity contribution in [1.82, 2.24) is 0 Å². The maximum Gasteiger partial charge on any atom is 0.147 e. The standard InChI is InChI=1S/C13H24O3/c1-5-11-10(2)6-7-12(11)13(3,8-14)16-9-15-4/h5,10-12,14H,1,6-9H2,2-4H3/t10-,11-,12-,13-/m1/s1. The summed E-state index contributed by atoms with van der Waals surface area (Å²) in [5.74, 6) is 1.38. The Kier molecular flexibility index (Phi) is 4.96. The van der Waals surface area contributed by atoms with Gasteiger partial charge < -0.3 is 14.6 Å². The van der Waals surface area contributed by atoms with Crippen molar-refractivity contribution in [3.8, 4) is 0 Å². The van der Waals surface area contributed by atoms with Gasteiger partial charge in [-0.15, -0.1) is 6.58 Å². The molecule has 3 nitrogen and oxygen atoms in total. The normalized spacial score (nSPS) is 33.6. The molecule has 0 amide bonds. The average Bonchev–Trinajstić information content (AvgIpc) is 2.67. The summed E-state index contributed by atoms with van der Waals surface area (Å²) in [6, 6.07) is 0. The molecule has 0 unspecified atom stereocenters. The molecule has 1 fully saturated rings. The SMILES string of the molecule is C=C[C@@H]1[C@H](C)CC[C@H]1[C@@](C)(CO)OCOC. The fourth-order valence-corrected chi connectivity index (χ4v) is 2.80. The zero-order valence-corrected chi connectivity index (χ0v) is 10.6. The first kappa shape index (κ1) is 13.7. The molecular formula is C13H24O3. The number of allylic oxidation sites excluding steroid dienone is 1. The minimum absolute atomic E-state index is 0.0259. The first-order valence-electron chi connectivity index (χ1n) is 5.95. The molecule has 94 valence electrons. The second-order valence-electron chi connectivity index (χ2n) is 5.00. The van der Waals surface area contributed by atoms with Crippen LogP contribution in [0.4, 0.5) is 0 Å². The Morgan fingerprint density at radius 3 is 2.69 bits per heavy atom. The third kappa shape index (κ3) is 2.65. The molecule has 4 atom stereocenters. The van der Waals surface area contributed by atoms with Crippen LogP contribution in [0.5, 0.6) is 0 Å². The van der Waals surface area contributed by atoms with Gasteiger partial charge in [-0.25, -0.2) is 0 Å². The van der Waals surface area contributed by atoms with E-state index in [0.29, 0.717) is 17.8 Å². The Labute approximate surface area is 98.4 Å². The minimum atomic E-state index is -0.514. The van der Waals surface area contributed by atoms with Gasteiger partial charge in [0, 0.05) is 7.11 Å². The predicted molar refractivity (Wildman–Crippen MR) is 64.0 cm³/mol. The van der Waals surface area contributed by atoms with Gasteiger partial charge in [0.15, 0.2) is 0 Å². The highest BCUT2D eigenvalue weighted by molar-refractivity contribution is 5.00. The Balaban J connectivity index is 2.74. The minimum Gasteiger partial charge on any atom is -0.393 e. The topological polar surface area (TPSA) is 38.7 Å². The first-order chi connectivity index (χ1) is 7.59. The lowest BCUT2D eigenvalue weighted by Gasteiger charge is -2.37. The second kappa shape index (κ2) is 5.80. The van der Waals surface area contributed by atoms with E-state index in [9.17, 15) is 5.11 Å². The van der Waals surface area contributed by atoms with Crippen LogP contribution < -0.4 is 0 Å². The van der Waals surface area contributed by atoms with E-state index >= 15 is 0 Å². The molecule has 1 aliphatic carbocycles. The summed E-state index contributed by atoms with van der Waals surface area (Å²) < 4.78 is 10.6. The molecule has 0 bridgehead atoms. The summed E-state index contributed by atoms with van der Waals surface area (Å²) in [6.45, 7) is 8.36. The molecule has 0 aromatic carbocycles. The average molecular weight is 228 g/mol. The van der Waals surface area contributed by atoms with E-state index in [1.165, 1.54) is 6.42 Å². The molecule has 1 rings (SSSR count). The zero-order valence-electron chi connectivity index (χ0n) is 10.6. The number of hydrogen-bond donors (Lipinski definition) is 1. The van der Waals surface area contributed by atoms with Gasteiger partial charge in [0.1, 0.15) is 6.79 Å². The number of aliphatic hydroxyl groups is 1. The van der Waals surface area contributed by atoms with Gasteiger partial charge in [0.05, 0.1) is 12.2 Å². The van der Waals surface area contributed by atoms with Crippen LogP contribution in [0.15, 0.2) is 12.7 Å². The van der Waals surface area contributed by atoms with E-state index in [1.807, 2.05) is 13.0 Å². The van der Waals surface area contributed by atoms with E-state index < -0.39 is 5.60 Å². The van der Waals surface area contributed by atoms with Crippen molar-refractivity contribution in [3.63, 3.8) is 0 Å². The number of hydrogen-bond acceptors (Lipinski definition) is 3. The van der Waals surface area contributed by atoms with Gasteiger partial charge in [-0.2, -0.15) is 0 Å². The Bertz CT molecular complexity index is 229. The van der Waals surface area contributed by atoms with E-state index in [-0.39, 0.29) is 13.4 Å². The lowest BCUT2D eigenvalue weighted by atomic mass is 9.79. The van der Waals surface area contributed by atoms with Crippen molar-refractivity contribution in [2.24, 2.45) is 17.8 Å². The van der Waals surface area contributed by atoms with Gasteiger partial charge in [-0.3, -0.25) is 0 Å². The van der Waals surface area contributed by atoms with Crippen LogP contribution in [-0.2, 0) is 9.47 Å². The molecule has 0 aromatic heterocycles. The molecular weight excluding hydrogens is 204 g/mol. The molecule has 0 saturated heterocycles. The van der Waals surface area contributed by atoms with Crippen LogP contribution in [0, 0.1) is 17.8 Å². The summed E-state index contributed by atoms with van der Waals surface area (Å²) in [4.78, 5) is 0. The quantitative estimate of drug-likeness (QED) is 0.559. The van der Waals surface area contributed by atoms with Gasteiger partial charge in [0.25, 0.3) is 0 Å². The summed E-state index contributed by atoms with van der Waals surface area (Å²) in [5, 5.41) is 9.56. The number of ether oxygens (including phenoxy) is 2. The van der Waals surface area contributed by atoms with Crippen molar-refractivity contribution in [3.05, 3.63) is 12.7 Å². The molecule has 1 N–H and O–H groups in total. The van der Waals surface area contributed by atoms with Crippen LogP contribution in [0.25, 0.3) is 0 Å². The molecule has 1 saturated carbocycles. The van der Waals surface area contributed by atoms with Gasteiger partial charge in [0.2, 0.25) is 0 Å². The molecule has 16 heavy (non-hydrogen) atoms. The van der Waals surface area contributed by atoms with Crippen LogP contribution in [0.3, 0.4) is 0 Å². The van der Waals surface area contributed by atoms with Crippen molar-refractivity contribution in [1.29, 1.82) is 0 Å². The molecule has 0 radical (unpaired) electrons. The highest BCUT2D eigenvalue weighted by Crippen LogP contribution is 2.44. The molecule has 1 aliphatic rings. The summed E-state index contributed by atoms with van der Waals surface area (Å²) in [7, 11) is 1.60. The van der Waals surface area contributed by atoms with E-state index in [0.717, 1.165) is 6.42 Å². The summed E-state index contributed by atoms with van der Waals surface area (Å²) in [5.41, 5.74) is -0.514. The molecule has 0 spiro atoms. The number of methoxy groups -OCH3 is 1. The van der Waals surface area contributed by atoms with E-state index in [2.05, 4.69) is 13.5 Å². The lowest BCUT2D eigenvalue weighted by molar-refractivity contribution is -0.169. The van der Waals surface area contributed by atoms with Crippen molar-refractivity contribution < 1.29 is 14.6 Å². The maximum atomic E-state index is 9.56. The van der Waals surface area contributed by atoms with Crippen LogP contribution >= 0.6 is 0 Å². The molecule has 0 aromatic rings. The predicted octanol–water partition coefficient (Wildman–Crippen LogP) is 2.21. The Morgan fingerprint density at radius 1 is 1.50 bits per heavy atom. The first-order valence-corrected chi connectivity index (χ1v) is 5.95. The second-order valence-corrected chi connectivity index (χ2v) is 5.00. The number of rotatable bonds is 6. The molecule has 0 aliphatic heterocycles. The fraction of sp³-hybridized carbons (Fsp3) is 0.846.